The monoisotopic (exact) mass is 266 g/mol. The molecule has 0 saturated carbocycles. The lowest BCUT2D eigenvalue weighted by atomic mass is 10.2. The summed E-state index contributed by atoms with van der Waals surface area (Å²) >= 11 is 0. The molecule has 0 aliphatic carbocycles. The molecule has 8 heteroatoms. The summed E-state index contributed by atoms with van der Waals surface area (Å²) in [6.07, 6.45) is 0.328. The van der Waals surface area contributed by atoms with Gasteiger partial charge in [0.15, 0.2) is 0 Å². The van der Waals surface area contributed by atoms with E-state index < -0.39 is 23.9 Å². The van der Waals surface area contributed by atoms with E-state index >= 15 is 0 Å². The van der Waals surface area contributed by atoms with Crippen molar-refractivity contribution in [1.82, 2.24) is 0 Å². The number of esters is 2. The largest absolute Gasteiger partial charge is 0.408 e. The molecule has 0 radical (unpaired) electrons. The average Bonchev–Trinajstić information content (AvgIpc) is 2.06. The number of unbranched alkanes of at least 4 members (excludes halogenated alkanes) is 1. The van der Waals surface area contributed by atoms with Crippen molar-refractivity contribution >= 4 is 11.9 Å². The molecule has 0 aliphatic heterocycles. The van der Waals surface area contributed by atoms with Crippen molar-refractivity contribution in [3.63, 3.8) is 0 Å². The standard InChI is InChI=1S/C10H18O8/c1-9(13,14)17-7(11)5-3-4-6-8(12)18-10(2,15)16/h13-16H,3-6H2,1-2H3. The molecular formula is C10H18O8. The highest BCUT2D eigenvalue weighted by atomic mass is 16.8. The molecule has 4 N–H and O–H groups in total. The minimum Gasteiger partial charge on any atom is -0.408 e. The molecule has 0 unspecified atom stereocenters. The van der Waals surface area contributed by atoms with Crippen LogP contribution >= 0.6 is 0 Å². The number of carbonyl (C=O) groups excluding carboxylic acids is 2. The Kier molecular flexibility index (Phi) is 6.19. The van der Waals surface area contributed by atoms with Gasteiger partial charge in [0.2, 0.25) is 0 Å². The van der Waals surface area contributed by atoms with Crippen LogP contribution in [0.3, 0.4) is 0 Å². The van der Waals surface area contributed by atoms with Gasteiger partial charge in [-0.25, -0.2) is 0 Å². The lowest BCUT2D eigenvalue weighted by molar-refractivity contribution is -0.309. The van der Waals surface area contributed by atoms with Crippen molar-refractivity contribution in [2.75, 3.05) is 0 Å². The Labute approximate surface area is 104 Å². The molecule has 0 aliphatic rings. The number of rotatable bonds is 7. The minimum absolute atomic E-state index is 0.0977. The highest BCUT2D eigenvalue weighted by Gasteiger charge is 2.22. The van der Waals surface area contributed by atoms with Crippen LogP contribution in [0.5, 0.6) is 0 Å². The summed E-state index contributed by atoms with van der Waals surface area (Å²) in [6.45, 7) is 1.79. The molecule has 0 spiro atoms. The van der Waals surface area contributed by atoms with Crippen molar-refractivity contribution < 1.29 is 39.5 Å². The smallest absolute Gasteiger partial charge is 0.321 e. The number of aliphatic hydroxyl groups is 4. The SMILES string of the molecule is CC(O)(O)OC(=O)CCCCC(=O)OC(C)(O)O. The first kappa shape index (κ1) is 16.8. The highest BCUT2D eigenvalue weighted by Crippen LogP contribution is 2.09. The molecule has 0 aromatic heterocycles. The van der Waals surface area contributed by atoms with Crippen LogP contribution in [0.2, 0.25) is 0 Å². The molecule has 0 saturated heterocycles. The highest BCUT2D eigenvalue weighted by molar-refractivity contribution is 5.70. The lowest BCUT2D eigenvalue weighted by Crippen LogP contribution is -2.31. The Bertz CT molecular complexity index is 255. The van der Waals surface area contributed by atoms with Crippen LogP contribution in [-0.2, 0) is 19.1 Å². The van der Waals surface area contributed by atoms with Crippen LogP contribution in [0.4, 0.5) is 0 Å². The third-order valence-corrected chi connectivity index (χ3v) is 1.63. The van der Waals surface area contributed by atoms with E-state index in [1.54, 1.807) is 0 Å². The second-order valence-electron chi connectivity index (χ2n) is 4.02. The summed E-state index contributed by atoms with van der Waals surface area (Å²) in [5.74, 6) is -6.65. The van der Waals surface area contributed by atoms with Crippen LogP contribution in [0.15, 0.2) is 0 Å². The summed E-state index contributed by atoms with van der Waals surface area (Å²) in [7, 11) is 0. The number of ether oxygens (including phenoxy) is 2. The van der Waals surface area contributed by atoms with Crippen molar-refractivity contribution in [3.8, 4) is 0 Å². The zero-order chi connectivity index (χ0) is 14.4. The molecule has 0 aromatic carbocycles. The van der Waals surface area contributed by atoms with Crippen LogP contribution in [0.25, 0.3) is 0 Å². The van der Waals surface area contributed by atoms with Gasteiger partial charge in [0.05, 0.1) is 0 Å². The minimum atomic E-state index is -2.51. The Hall–Kier alpha value is -1.22. The van der Waals surface area contributed by atoms with Crippen LogP contribution in [0, 0.1) is 0 Å². The van der Waals surface area contributed by atoms with E-state index in [0.29, 0.717) is 0 Å². The predicted molar refractivity (Wildman–Crippen MR) is 56.3 cm³/mol. The van der Waals surface area contributed by atoms with Gasteiger partial charge in [0.1, 0.15) is 0 Å². The van der Waals surface area contributed by atoms with Crippen LogP contribution < -0.4 is 0 Å². The molecular weight excluding hydrogens is 248 g/mol. The van der Waals surface area contributed by atoms with E-state index in [2.05, 4.69) is 9.47 Å². The second-order valence-corrected chi connectivity index (χ2v) is 4.02. The van der Waals surface area contributed by atoms with E-state index in [9.17, 15) is 9.59 Å². The summed E-state index contributed by atoms with van der Waals surface area (Å²) in [5.41, 5.74) is 0. The fraction of sp³-hybridized carbons (Fsp3) is 0.800. The summed E-state index contributed by atoms with van der Waals surface area (Å²) in [6, 6.07) is 0. The van der Waals surface area contributed by atoms with E-state index in [4.69, 9.17) is 20.4 Å². The first-order valence-electron chi connectivity index (χ1n) is 5.33. The Morgan fingerprint density at radius 1 is 0.833 bits per heavy atom. The van der Waals surface area contributed by atoms with Crippen molar-refractivity contribution in [1.29, 1.82) is 0 Å². The zero-order valence-corrected chi connectivity index (χ0v) is 10.3. The van der Waals surface area contributed by atoms with E-state index in [1.165, 1.54) is 0 Å². The molecule has 0 rings (SSSR count). The maximum Gasteiger partial charge on any atom is 0.321 e. The first-order valence-corrected chi connectivity index (χ1v) is 5.33. The van der Waals surface area contributed by atoms with Crippen LogP contribution in [0.1, 0.15) is 39.5 Å². The lowest BCUT2D eigenvalue weighted by Gasteiger charge is -2.16. The third kappa shape index (κ3) is 11.3. The van der Waals surface area contributed by atoms with Gasteiger partial charge in [-0.1, -0.05) is 0 Å². The number of hydrogen-bond donors (Lipinski definition) is 4. The molecule has 0 heterocycles. The fourth-order valence-corrected chi connectivity index (χ4v) is 1.07. The Morgan fingerprint density at radius 3 is 1.33 bits per heavy atom. The maximum atomic E-state index is 11.0. The second kappa shape index (κ2) is 6.64. The van der Waals surface area contributed by atoms with Gasteiger partial charge in [-0.15, -0.1) is 0 Å². The summed E-state index contributed by atoms with van der Waals surface area (Å²) in [4.78, 5) is 22.0. The predicted octanol–water partition coefficient (Wildman–Crippen LogP) is -1.05. The number of carbonyl (C=O) groups is 2. The van der Waals surface area contributed by atoms with Gasteiger partial charge < -0.3 is 29.9 Å². The Morgan fingerprint density at radius 2 is 1.11 bits per heavy atom. The van der Waals surface area contributed by atoms with Gasteiger partial charge in [-0.2, -0.15) is 0 Å². The van der Waals surface area contributed by atoms with Gasteiger partial charge in [-0.05, 0) is 12.8 Å². The summed E-state index contributed by atoms with van der Waals surface area (Å²) < 4.78 is 8.40. The van der Waals surface area contributed by atoms with E-state index in [-0.39, 0.29) is 25.7 Å². The normalized spacial score (nSPS) is 12.1. The van der Waals surface area contributed by atoms with Crippen LogP contribution in [-0.4, -0.2) is 44.3 Å². The molecule has 18 heavy (non-hydrogen) atoms. The molecule has 8 nitrogen and oxygen atoms in total. The first-order chi connectivity index (χ1) is 7.99. The van der Waals surface area contributed by atoms with Gasteiger partial charge >= 0.3 is 23.9 Å². The Balaban J connectivity index is 3.69. The third-order valence-electron chi connectivity index (χ3n) is 1.63. The number of hydrogen-bond acceptors (Lipinski definition) is 8. The van der Waals surface area contributed by atoms with Crippen molar-refractivity contribution in [2.24, 2.45) is 0 Å². The summed E-state index contributed by atoms with van der Waals surface area (Å²) in [5, 5.41) is 35.0. The molecule has 0 fully saturated rings. The average molecular weight is 266 g/mol. The van der Waals surface area contributed by atoms with E-state index in [0.717, 1.165) is 13.8 Å². The topological polar surface area (TPSA) is 134 Å². The quantitative estimate of drug-likeness (QED) is 0.260. The van der Waals surface area contributed by atoms with Gasteiger partial charge in [0, 0.05) is 26.7 Å². The molecule has 0 atom stereocenters. The van der Waals surface area contributed by atoms with Gasteiger partial charge in [0.25, 0.3) is 0 Å². The fourth-order valence-electron chi connectivity index (χ4n) is 1.07. The van der Waals surface area contributed by atoms with Crippen molar-refractivity contribution in [3.05, 3.63) is 0 Å². The molecule has 106 valence electrons. The van der Waals surface area contributed by atoms with Gasteiger partial charge in [-0.3, -0.25) is 9.59 Å². The van der Waals surface area contributed by atoms with E-state index in [1.807, 2.05) is 0 Å². The maximum absolute atomic E-state index is 11.0. The van der Waals surface area contributed by atoms with Crippen molar-refractivity contribution in [2.45, 2.75) is 51.5 Å². The molecule has 0 bridgehead atoms. The zero-order valence-electron chi connectivity index (χ0n) is 10.3. The molecule has 0 amide bonds. The molecule has 0 aromatic rings.